The smallest absolute Gasteiger partial charge is 0.327 e. The molecule has 0 aliphatic carbocycles. The summed E-state index contributed by atoms with van der Waals surface area (Å²) >= 11 is 0. The summed E-state index contributed by atoms with van der Waals surface area (Å²) in [6.45, 7) is 7.71. The molecule has 8 nitrogen and oxygen atoms in total. The number of hydrogen-bond acceptors (Lipinski definition) is 4. The number of pyridine rings is 1. The number of fused-ring (bicyclic) bond motifs is 1. The molecular weight excluding hydrogens is 370 g/mol. The van der Waals surface area contributed by atoms with Crippen LogP contribution >= 0.6 is 0 Å². The first kappa shape index (κ1) is 19.4. The van der Waals surface area contributed by atoms with Crippen LogP contribution in [0.1, 0.15) is 44.1 Å². The SMILES string of the molecule is CCN1C(=O)N(CC(C)C)C2(CCN(C(=O)c3cc4cccnc4[nH]3)CC2)C1=O. The third-order valence-corrected chi connectivity index (χ3v) is 5.99. The van der Waals surface area contributed by atoms with E-state index in [-0.39, 0.29) is 23.8 Å². The first-order valence-corrected chi connectivity index (χ1v) is 10.2. The van der Waals surface area contributed by atoms with Crippen molar-refractivity contribution in [1.29, 1.82) is 0 Å². The molecule has 0 bridgehead atoms. The number of H-pyrrole nitrogens is 1. The molecule has 4 rings (SSSR count). The zero-order valence-electron chi connectivity index (χ0n) is 17.1. The van der Waals surface area contributed by atoms with E-state index in [2.05, 4.69) is 9.97 Å². The van der Waals surface area contributed by atoms with Gasteiger partial charge in [-0.25, -0.2) is 9.78 Å². The van der Waals surface area contributed by atoms with E-state index in [1.165, 1.54) is 4.90 Å². The van der Waals surface area contributed by atoms with E-state index in [0.717, 1.165) is 5.39 Å². The van der Waals surface area contributed by atoms with E-state index in [1.807, 2.05) is 39.0 Å². The molecule has 2 aliphatic heterocycles. The zero-order valence-corrected chi connectivity index (χ0v) is 17.1. The fraction of sp³-hybridized carbons (Fsp3) is 0.524. The average Bonchev–Trinajstić information content (AvgIpc) is 3.22. The molecule has 8 heteroatoms. The van der Waals surface area contributed by atoms with Gasteiger partial charge in [0, 0.05) is 37.8 Å². The Morgan fingerprint density at radius 2 is 2.00 bits per heavy atom. The number of likely N-dealkylation sites (tertiary alicyclic amines) is 1. The van der Waals surface area contributed by atoms with Gasteiger partial charge >= 0.3 is 6.03 Å². The molecule has 2 aromatic rings. The molecule has 2 fully saturated rings. The molecule has 4 heterocycles. The maximum Gasteiger partial charge on any atom is 0.327 e. The molecule has 2 aromatic heterocycles. The molecule has 0 saturated carbocycles. The maximum atomic E-state index is 13.1. The number of hydrogen-bond donors (Lipinski definition) is 1. The highest BCUT2D eigenvalue weighted by molar-refractivity contribution is 6.07. The average molecular weight is 397 g/mol. The number of urea groups is 1. The molecule has 0 unspecified atom stereocenters. The fourth-order valence-electron chi connectivity index (χ4n) is 4.49. The molecule has 1 spiro atoms. The quantitative estimate of drug-likeness (QED) is 0.803. The molecule has 0 aromatic carbocycles. The number of likely N-dealkylation sites (N-methyl/N-ethyl adjacent to an activating group) is 1. The number of aromatic nitrogens is 2. The van der Waals surface area contributed by atoms with Crippen molar-refractivity contribution in [3.05, 3.63) is 30.1 Å². The third-order valence-electron chi connectivity index (χ3n) is 5.99. The predicted octanol–water partition coefficient (Wildman–Crippen LogP) is 2.48. The standard InChI is InChI=1S/C21H27N5O3/c1-4-25-19(28)21(26(20(25)29)13-14(2)3)7-10-24(11-8-21)18(27)16-12-15-6-5-9-22-17(15)23-16/h5-6,9,12,14H,4,7-8,10-11,13H2,1-3H3,(H,22,23). The highest BCUT2D eigenvalue weighted by Gasteiger charge is 2.57. The summed E-state index contributed by atoms with van der Waals surface area (Å²) in [5, 5.41) is 0.891. The molecule has 154 valence electrons. The van der Waals surface area contributed by atoms with Crippen molar-refractivity contribution >= 4 is 28.9 Å². The van der Waals surface area contributed by atoms with Crippen LogP contribution in [-0.4, -0.2) is 74.2 Å². The largest absolute Gasteiger partial charge is 0.337 e. The number of imide groups is 1. The van der Waals surface area contributed by atoms with Gasteiger partial charge in [-0.15, -0.1) is 0 Å². The Morgan fingerprint density at radius 1 is 1.28 bits per heavy atom. The van der Waals surface area contributed by atoms with Crippen molar-refractivity contribution < 1.29 is 14.4 Å². The van der Waals surface area contributed by atoms with E-state index < -0.39 is 5.54 Å². The van der Waals surface area contributed by atoms with Gasteiger partial charge in [-0.1, -0.05) is 13.8 Å². The molecule has 29 heavy (non-hydrogen) atoms. The molecule has 2 aliphatic rings. The number of rotatable bonds is 4. The number of aromatic amines is 1. The van der Waals surface area contributed by atoms with Crippen molar-refractivity contribution in [2.24, 2.45) is 5.92 Å². The van der Waals surface area contributed by atoms with Crippen LogP contribution in [0.4, 0.5) is 4.79 Å². The Hall–Kier alpha value is -2.90. The normalized spacial score (nSPS) is 19.2. The van der Waals surface area contributed by atoms with Crippen LogP contribution in [0.5, 0.6) is 0 Å². The van der Waals surface area contributed by atoms with E-state index in [9.17, 15) is 14.4 Å². The molecule has 1 N–H and O–H groups in total. The number of carbonyl (C=O) groups excluding carboxylic acids is 3. The van der Waals surface area contributed by atoms with Crippen LogP contribution in [0.25, 0.3) is 11.0 Å². The van der Waals surface area contributed by atoms with Crippen LogP contribution in [0.3, 0.4) is 0 Å². The lowest BCUT2D eigenvalue weighted by atomic mass is 9.85. The van der Waals surface area contributed by atoms with Crippen LogP contribution in [-0.2, 0) is 4.79 Å². The second-order valence-corrected chi connectivity index (χ2v) is 8.28. The van der Waals surface area contributed by atoms with Crippen LogP contribution in [0.2, 0.25) is 0 Å². The van der Waals surface area contributed by atoms with Gasteiger partial charge in [0.1, 0.15) is 16.9 Å². The van der Waals surface area contributed by atoms with Gasteiger partial charge in [0.2, 0.25) is 0 Å². The predicted molar refractivity (Wildman–Crippen MR) is 108 cm³/mol. The second kappa shape index (κ2) is 7.17. The van der Waals surface area contributed by atoms with Crippen LogP contribution in [0, 0.1) is 5.92 Å². The number of nitrogens with zero attached hydrogens (tertiary/aromatic N) is 4. The van der Waals surface area contributed by atoms with Gasteiger partial charge in [-0.05, 0) is 43.9 Å². The lowest BCUT2D eigenvalue weighted by Crippen LogP contribution is -2.58. The van der Waals surface area contributed by atoms with Crippen molar-refractivity contribution in [3.63, 3.8) is 0 Å². The molecule has 0 atom stereocenters. The number of piperidine rings is 1. The number of carbonyl (C=O) groups is 3. The minimum Gasteiger partial charge on any atom is -0.337 e. The summed E-state index contributed by atoms with van der Waals surface area (Å²) in [5.41, 5.74) is 0.358. The molecule has 2 saturated heterocycles. The monoisotopic (exact) mass is 397 g/mol. The van der Waals surface area contributed by atoms with Gasteiger partial charge in [0.15, 0.2) is 0 Å². The van der Waals surface area contributed by atoms with Crippen molar-refractivity contribution in [2.45, 2.75) is 39.2 Å². The fourth-order valence-corrected chi connectivity index (χ4v) is 4.49. The van der Waals surface area contributed by atoms with Gasteiger partial charge in [0.05, 0.1) is 0 Å². The number of nitrogens with one attached hydrogen (secondary N) is 1. The third kappa shape index (κ3) is 3.07. The van der Waals surface area contributed by atoms with Gasteiger partial charge in [-0.3, -0.25) is 14.5 Å². The summed E-state index contributed by atoms with van der Waals surface area (Å²) < 4.78 is 0. The Labute approximate surface area is 169 Å². The minimum atomic E-state index is -0.823. The summed E-state index contributed by atoms with van der Waals surface area (Å²) in [7, 11) is 0. The zero-order chi connectivity index (χ0) is 20.8. The highest BCUT2D eigenvalue weighted by atomic mass is 16.2. The highest BCUT2D eigenvalue weighted by Crippen LogP contribution is 2.38. The molecule has 4 amide bonds. The maximum absolute atomic E-state index is 13.1. The van der Waals surface area contributed by atoms with Crippen molar-refractivity contribution in [2.75, 3.05) is 26.2 Å². The summed E-state index contributed by atoms with van der Waals surface area (Å²) in [5.74, 6) is 0.0453. The topological polar surface area (TPSA) is 89.6 Å². The van der Waals surface area contributed by atoms with Gasteiger partial charge < -0.3 is 14.8 Å². The van der Waals surface area contributed by atoms with Crippen molar-refractivity contribution in [3.8, 4) is 0 Å². The Balaban J connectivity index is 1.54. The van der Waals surface area contributed by atoms with E-state index in [4.69, 9.17) is 0 Å². The first-order valence-electron chi connectivity index (χ1n) is 10.2. The van der Waals surface area contributed by atoms with Gasteiger partial charge in [0.25, 0.3) is 11.8 Å². The van der Waals surface area contributed by atoms with E-state index in [0.29, 0.717) is 50.4 Å². The van der Waals surface area contributed by atoms with E-state index >= 15 is 0 Å². The minimum absolute atomic E-state index is 0.0996. The molecule has 0 radical (unpaired) electrons. The summed E-state index contributed by atoms with van der Waals surface area (Å²) in [6, 6.07) is 5.35. The van der Waals surface area contributed by atoms with Crippen LogP contribution in [0.15, 0.2) is 24.4 Å². The summed E-state index contributed by atoms with van der Waals surface area (Å²) in [4.78, 5) is 51.1. The lowest BCUT2D eigenvalue weighted by Gasteiger charge is -2.42. The first-order chi connectivity index (χ1) is 13.9. The Kier molecular flexibility index (Phi) is 4.80. The Bertz CT molecular complexity index is 925. The lowest BCUT2D eigenvalue weighted by molar-refractivity contribution is -0.135. The van der Waals surface area contributed by atoms with E-state index in [1.54, 1.807) is 16.0 Å². The van der Waals surface area contributed by atoms with Crippen molar-refractivity contribution in [1.82, 2.24) is 24.7 Å². The van der Waals surface area contributed by atoms with Crippen LogP contribution < -0.4 is 0 Å². The number of amides is 4. The molecular formula is C21H27N5O3. The Morgan fingerprint density at radius 3 is 2.62 bits per heavy atom. The second-order valence-electron chi connectivity index (χ2n) is 8.28. The summed E-state index contributed by atoms with van der Waals surface area (Å²) in [6.07, 6.45) is 2.61. The van der Waals surface area contributed by atoms with Gasteiger partial charge in [-0.2, -0.15) is 0 Å².